The van der Waals surface area contributed by atoms with Gasteiger partial charge in [0.2, 0.25) is 0 Å². The molecule has 0 aromatic carbocycles. The Balaban J connectivity index is 1.43. The molecule has 4 heteroatoms. The van der Waals surface area contributed by atoms with Gasteiger partial charge in [-0.15, -0.1) is 0 Å². The first-order valence-electron chi connectivity index (χ1n) is 9.73. The summed E-state index contributed by atoms with van der Waals surface area (Å²) in [6, 6.07) is 4.25. The van der Waals surface area contributed by atoms with Crippen LogP contribution in [0.5, 0.6) is 0 Å². The van der Waals surface area contributed by atoms with E-state index in [9.17, 15) is 4.79 Å². The lowest BCUT2D eigenvalue weighted by molar-refractivity contribution is 0.0727. The molecule has 1 amide bonds. The average Bonchev–Trinajstić information content (AvgIpc) is 2.94. The number of carbonyl (C=O) groups is 1. The van der Waals surface area contributed by atoms with Crippen LogP contribution in [0.15, 0.2) is 24.5 Å². The minimum Gasteiger partial charge on any atom is -0.337 e. The standard InChI is InChI=1S/C20H29N3O/c24-20(18-8-10-21-11-9-18)23-14-17-6-7-19(15-23)22(13-17)12-16-4-2-1-3-5-16/h8-11,16-17,19H,1-7,12-15H2/t17-,19-/m0/s1. The smallest absolute Gasteiger partial charge is 0.254 e. The van der Waals surface area contributed by atoms with E-state index in [4.69, 9.17) is 0 Å². The van der Waals surface area contributed by atoms with Crippen LogP contribution in [0.25, 0.3) is 0 Å². The van der Waals surface area contributed by atoms with Crippen LogP contribution < -0.4 is 0 Å². The molecule has 2 atom stereocenters. The summed E-state index contributed by atoms with van der Waals surface area (Å²) >= 11 is 0. The van der Waals surface area contributed by atoms with E-state index in [1.807, 2.05) is 12.1 Å². The number of fused-ring (bicyclic) bond motifs is 4. The quantitative estimate of drug-likeness (QED) is 0.855. The van der Waals surface area contributed by atoms with Crippen LogP contribution in [0.3, 0.4) is 0 Å². The first-order chi connectivity index (χ1) is 11.8. The van der Waals surface area contributed by atoms with E-state index in [-0.39, 0.29) is 5.91 Å². The highest BCUT2D eigenvalue weighted by Gasteiger charge is 2.37. The van der Waals surface area contributed by atoms with Gasteiger partial charge in [0.15, 0.2) is 0 Å². The van der Waals surface area contributed by atoms with E-state index in [1.54, 1.807) is 12.4 Å². The van der Waals surface area contributed by atoms with Gasteiger partial charge in [0.05, 0.1) is 0 Å². The number of rotatable bonds is 3. The molecule has 4 heterocycles. The van der Waals surface area contributed by atoms with Gasteiger partial charge in [-0.1, -0.05) is 19.3 Å². The summed E-state index contributed by atoms with van der Waals surface area (Å²) in [6.07, 6.45) is 13.1. The van der Waals surface area contributed by atoms with Gasteiger partial charge < -0.3 is 4.90 Å². The first-order valence-corrected chi connectivity index (χ1v) is 9.73. The van der Waals surface area contributed by atoms with Crippen molar-refractivity contribution >= 4 is 5.91 Å². The Morgan fingerprint density at radius 3 is 2.58 bits per heavy atom. The summed E-state index contributed by atoms with van der Waals surface area (Å²) in [7, 11) is 0. The number of hydrogen-bond donors (Lipinski definition) is 0. The van der Waals surface area contributed by atoms with Gasteiger partial charge in [-0.2, -0.15) is 0 Å². The number of amides is 1. The second-order valence-electron chi connectivity index (χ2n) is 8.00. The van der Waals surface area contributed by atoms with Crippen molar-refractivity contribution in [3.05, 3.63) is 30.1 Å². The molecule has 1 aromatic heterocycles. The van der Waals surface area contributed by atoms with E-state index >= 15 is 0 Å². The van der Waals surface area contributed by atoms with E-state index < -0.39 is 0 Å². The fraction of sp³-hybridized carbons (Fsp3) is 0.700. The molecule has 0 unspecified atom stereocenters. The molecule has 0 radical (unpaired) electrons. The molecule has 2 bridgehead atoms. The van der Waals surface area contributed by atoms with Gasteiger partial charge in [0.25, 0.3) is 5.91 Å². The molecular formula is C20H29N3O. The average molecular weight is 327 g/mol. The Labute approximate surface area is 145 Å². The fourth-order valence-corrected chi connectivity index (χ4v) is 4.95. The van der Waals surface area contributed by atoms with E-state index in [2.05, 4.69) is 14.8 Å². The van der Waals surface area contributed by atoms with E-state index in [0.29, 0.717) is 12.0 Å². The highest BCUT2D eigenvalue weighted by molar-refractivity contribution is 5.94. The fourth-order valence-electron chi connectivity index (χ4n) is 4.95. The molecule has 0 N–H and O–H groups in total. The van der Waals surface area contributed by atoms with Gasteiger partial charge in [-0.25, -0.2) is 0 Å². The molecule has 0 spiro atoms. The van der Waals surface area contributed by atoms with Crippen LogP contribution in [-0.4, -0.2) is 52.9 Å². The number of piperidine rings is 1. The van der Waals surface area contributed by atoms with Crippen molar-refractivity contribution in [2.75, 3.05) is 26.2 Å². The number of hydrogen-bond acceptors (Lipinski definition) is 3. The van der Waals surface area contributed by atoms with Gasteiger partial charge in [-0.05, 0) is 49.7 Å². The van der Waals surface area contributed by atoms with Crippen molar-refractivity contribution in [2.24, 2.45) is 11.8 Å². The summed E-state index contributed by atoms with van der Waals surface area (Å²) in [5.74, 6) is 1.73. The Hall–Kier alpha value is -1.42. The van der Waals surface area contributed by atoms with Crippen molar-refractivity contribution in [3.8, 4) is 0 Å². The van der Waals surface area contributed by atoms with Crippen molar-refractivity contribution in [2.45, 2.75) is 51.0 Å². The Bertz CT molecular complexity index is 555. The third-order valence-electron chi connectivity index (χ3n) is 6.26. The Morgan fingerprint density at radius 2 is 1.79 bits per heavy atom. The summed E-state index contributed by atoms with van der Waals surface area (Å²) < 4.78 is 0. The lowest BCUT2D eigenvalue weighted by atomic mass is 9.87. The Kier molecular flexibility index (Phi) is 4.83. The number of pyridine rings is 1. The summed E-state index contributed by atoms with van der Waals surface area (Å²) in [5, 5.41) is 0. The van der Waals surface area contributed by atoms with Crippen LogP contribution in [-0.2, 0) is 0 Å². The van der Waals surface area contributed by atoms with Gasteiger partial charge >= 0.3 is 0 Å². The molecule has 1 aromatic rings. The van der Waals surface area contributed by atoms with Crippen LogP contribution >= 0.6 is 0 Å². The normalized spacial score (nSPS) is 28.8. The van der Waals surface area contributed by atoms with Crippen LogP contribution in [0, 0.1) is 11.8 Å². The summed E-state index contributed by atoms with van der Waals surface area (Å²) in [6.45, 7) is 4.29. The van der Waals surface area contributed by atoms with Crippen molar-refractivity contribution < 1.29 is 4.79 Å². The molecule has 1 saturated carbocycles. The minimum atomic E-state index is 0.189. The highest BCUT2D eigenvalue weighted by atomic mass is 16.2. The third-order valence-corrected chi connectivity index (χ3v) is 6.26. The molecule has 4 aliphatic rings. The molecule has 3 aliphatic heterocycles. The van der Waals surface area contributed by atoms with Crippen molar-refractivity contribution in [1.82, 2.24) is 14.8 Å². The lowest BCUT2D eigenvalue weighted by Crippen LogP contribution is -2.46. The molecule has 5 rings (SSSR count). The van der Waals surface area contributed by atoms with Crippen molar-refractivity contribution in [1.29, 1.82) is 0 Å². The first kappa shape index (κ1) is 16.1. The third kappa shape index (κ3) is 3.49. The van der Waals surface area contributed by atoms with Crippen molar-refractivity contribution in [3.63, 3.8) is 0 Å². The van der Waals surface area contributed by atoms with Gasteiger partial charge in [0.1, 0.15) is 0 Å². The molecule has 3 saturated heterocycles. The topological polar surface area (TPSA) is 36.4 Å². The molecule has 4 nitrogen and oxygen atoms in total. The number of aromatic nitrogens is 1. The monoisotopic (exact) mass is 327 g/mol. The summed E-state index contributed by atoms with van der Waals surface area (Å²) in [5.41, 5.74) is 0.783. The molecular weight excluding hydrogens is 298 g/mol. The maximum absolute atomic E-state index is 12.8. The van der Waals surface area contributed by atoms with Crippen LogP contribution in [0.2, 0.25) is 0 Å². The molecule has 4 fully saturated rings. The molecule has 130 valence electrons. The largest absolute Gasteiger partial charge is 0.337 e. The minimum absolute atomic E-state index is 0.189. The lowest BCUT2D eigenvalue weighted by Gasteiger charge is -2.39. The second kappa shape index (κ2) is 7.22. The molecule has 1 aliphatic carbocycles. The van der Waals surface area contributed by atoms with Gasteiger partial charge in [-0.3, -0.25) is 14.7 Å². The number of carbonyl (C=O) groups excluding carboxylic acids is 1. The SMILES string of the molecule is O=C(c1ccncc1)N1C[C@H]2CC[C@@H](C1)N(CC1CCCCC1)C2. The van der Waals surface area contributed by atoms with Crippen LogP contribution in [0.1, 0.15) is 55.3 Å². The van der Waals surface area contributed by atoms with E-state index in [1.165, 1.54) is 58.0 Å². The maximum Gasteiger partial charge on any atom is 0.254 e. The Morgan fingerprint density at radius 1 is 1.00 bits per heavy atom. The zero-order valence-corrected chi connectivity index (χ0v) is 14.6. The van der Waals surface area contributed by atoms with Crippen LogP contribution in [0.4, 0.5) is 0 Å². The van der Waals surface area contributed by atoms with E-state index in [0.717, 1.165) is 24.6 Å². The predicted molar refractivity (Wildman–Crippen MR) is 94.8 cm³/mol. The molecule has 24 heavy (non-hydrogen) atoms. The highest BCUT2D eigenvalue weighted by Crippen LogP contribution is 2.32. The zero-order valence-electron chi connectivity index (χ0n) is 14.6. The summed E-state index contributed by atoms with van der Waals surface area (Å²) in [4.78, 5) is 21.7. The number of nitrogens with zero attached hydrogens (tertiary/aromatic N) is 3. The zero-order chi connectivity index (χ0) is 16.4. The maximum atomic E-state index is 12.8. The predicted octanol–water partition coefficient (Wildman–Crippen LogP) is 3.20. The van der Waals surface area contributed by atoms with Gasteiger partial charge in [0, 0.05) is 50.2 Å². The second-order valence-corrected chi connectivity index (χ2v) is 8.00.